The van der Waals surface area contributed by atoms with Gasteiger partial charge >= 0.3 is 6.03 Å². The average Bonchev–Trinajstić information content (AvgIpc) is 3.72. The number of piperazine rings is 1. The highest BCUT2D eigenvalue weighted by atomic mass is 32.2. The summed E-state index contributed by atoms with van der Waals surface area (Å²) in [6.45, 7) is 4.47. The van der Waals surface area contributed by atoms with E-state index < -0.39 is 51.7 Å². The zero-order valence-electron chi connectivity index (χ0n) is 25.4. The lowest BCUT2D eigenvalue weighted by Crippen LogP contribution is -2.58. The molecule has 3 atom stereocenters. The molecule has 0 saturated carbocycles. The van der Waals surface area contributed by atoms with Crippen molar-refractivity contribution in [3.8, 4) is 0 Å². The van der Waals surface area contributed by atoms with Crippen molar-refractivity contribution in [2.75, 3.05) is 32.7 Å². The van der Waals surface area contributed by atoms with E-state index in [0.29, 0.717) is 13.0 Å². The Morgan fingerprint density at radius 1 is 0.978 bits per heavy atom. The molecule has 2 aromatic rings. The summed E-state index contributed by atoms with van der Waals surface area (Å²) in [5.41, 5.74) is 0.876. The number of sulfonamides is 1. The lowest BCUT2D eigenvalue weighted by molar-refractivity contribution is -0.147. The van der Waals surface area contributed by atoms with Gasteiger partial charge in [-0.25, -0.2) is 13.2 Å². The Morgan fingerprint density at radius 2 is 1.69 bits per heavy atom. The number of hydrogen-bond donors (Lipinski definition) is 4. The molecule has 3 heterocycles. The number of thiophene rings is 1. The molecular weight excluding hydrogens is 620 g/mol. The average molecular weight is 661 g/mol. The van der Waals surface area contributed by atoms with Crippen LogP contribution in [-0.2, 0) is 35.7 Å². The number of nitrogens with one attached hydrogen (secondary N) is 4. The molecule has 45 heavy (non-hydrogen) atoms. The van der Waals surface area contributed by atoms with Crippen molar-refractivity contribution < 1.29 is 32.4 Å². The summed E-state index contributed by atoms with van der Waals surface area (Å²) < 4.78 is 27.3. The van der Waals surface area contributed by atoms with Crippen LogP contribution in [0, 0.1) is 11.8 Å². The molecule has 2 aliphatic heterocycles. The summed E-state index contributed by atoms with van der Waals surface area (Å²) in [5, 5.41) is 12.4. The normalized spacial score (nSPS) is 18.6. The smallest absolute Gasteiger partial charge is 0.315 e. The van der Waals surface area contributed by atoms with Crippen molar-refractivity contribution >= 4 is 50.9 Å². The topological polar surface area (TPSA) is 174 Å². The van der Waals surface area contributed by atoms with Gasteiger partial charge in [-0.1, -0.05) is 50.2 Å². The van der Waals surface area contributed by atoms with Crippen LogP contribution >= 0.6 is 11.3 Å². The third-order valence-electron chi connectivity index (χ3n) is 7.77. The molecule has 244 valence electrons. The van der Waals surface area contributed by atoms with Gasteiger partial charge in [0.25, 0.3) is 15.9 Å². The Balaban J connectivity index is 1.42. The predicted octanol–water partition coefficient (Wildman–Crippen LogP) is 1.08. The highest BCUT2D eigenvalue weighted by Crippen LogP contribution is 2.23. The van der Waals surface area contributed by atoms with E-state index in [1.807, 2.05) is 44.2 Å². The fourth-order valence-electron chi connectivity index (χ4n) is 5.32. The summed E-state index contributed by atoms with van der Waals surface area (Å²) in [6, 6.07) is 9.55. The maximum absolute atomic E-state index is 13.6. The van der Waals surface area contributed by atoms with Crippen molar-refractivity contribution in [3.05, 3.63) is 53.4 Å². The molecule has 0 bridgehead atoms. The highest BCUT2D eigenvalue weighted by Gasteiger charge is 2.39. The van der Waals surface area contributed by atoms with E-state index in [2.05, 4.69) is 21.3 Å². The summed E-state index contributed by atoms with van der Waals surface area (Å²) in [6.07, 6.45) is 0.634. The quantitative estimate of drug-likeness (QED) is 0.233. The Morgan fingerprint density at radius 3 is 2.29 bits per heavy atom. The minimum Gasteiger partial charge on any atom is -0.356 e. The van der Waals surface area contributed by atoms with Crippen LogP contribution in [0.1, 0.15) is 38.7 Å². The van der Waals surface area contributed by atoms with Gasteiger partial charge in [0.05, 0.1) is 6.04 Å². The van der Waals surface area contributed by atoms with Gasteiger partial charge in [0.2, 0.25) is 17.6 Å². The molecule has 2 saturated heterocycles. The fraction of sp³-hybridized carbons (Fsp3) is 0.500. The first-order chi connectivity index (χ1) is 21.5. The van der Waals surface area contributed by atoms with Gasteiger partial charge in [0.1, 0.15) is 10.3 Å². The predicted molar refractivity (Wildman–Crippen MR) is 167 cm³/mol. The van der Waals surface area contributed by atoms with E-state index in [-0.39, 0.29) is 61.6 Å². The van der Waals surface area contributed by atoms with Crippen molar-refractivity contribution in [1.82, 2.24) is 30.5 Å². The lowest BCUT2D eigenvalue weighted by atomic mass is 9.94. The number of hydrogen-bond acceptors (Lipinski definition) is 8. The Bertz CT molecular complexity index is 1460. The van der Waals surface area contributed by atoms with E-state index in [9.17, 15) is 32.4 Å². The van der Waals surface area contributed by atoms with E-state index in [1.165, 1.54) is 15.3 Å². The monoisotopic (exact) mass is 660 g/mol. The Kier molecular flexibility index (Phi) is 11.7. The highest BCUT2D eigenvalue weighted by molar-refractivity contribution is 7.91. The molecule has 0 unspecified atom stereocenters. The summed E-state index contributed by atoms with van der Waals surface area (Å²) in [7, 11) is -3.70. The molecular formula is C30H40N6O7S2. The number of amides is 5. The number of rotatable bonds is 13. The van der Waals surface area contributed by atoms with Crippen LogP contribution in [0.4, 0.5) is 4.79 Å². The number of benzene rings is 1. The van der Waals surface area contributed by atoms with E-state index in [0.717, 1.165) is 16.9 Å². The molecule has 4 N–H and O–H groups in total. The number of urea groups is 1. The van der Waals surface area contributed by atoms with Gasteiger partial charge < -0.3 is 26.2 Å². The molecule has 2 fully saturated rings. The minimum absolute atomic E-state index is 0.00112. The maximum atomic E-state index is 13.6. The first-order valence-corrected chi connectivity index (χ1v) is 17.3. The lowest BCUT2D eigenvalue weighted by Gasteiger charge is -2.34. The van der Waals surface area contributed by atoms with Crippen LogP contribution in [0.25, 0.3) is 0 Å². The van der Waals surface area contributed by atoms with Crippen molar-refractivity contribution in [2.45, 2.75) is 55.9 Å². The number of carbonyl (C=O) groups is 5. The molecule has 0 radical (unpaired) electrons. The third-order valence-corrected chi connectivity index (χ3v) is 11.0. The molecule has 1 aromatic carbocycles. The van der Waals surface area contributed by atoms with Crippen LogP contribution in [0.15, 0.2) is 52.1 Å². The summed E-state index contributed by atoms with van der Waals surface area (Å²) in [5.74, 6) is -3.23. The number of carbonyl (C=O) groups excluding carboxylic acids is 5. The second-order valence-corrected chi connectivity index (χ2v) is 14.7. The SMILES string of the molecule is CC(C)C[C@H](NC(=O)NCc1ccccc1)C(=O)N[C@@H](C[C@@H]1CCNC1=O)C(=O)C(=O)N1CCN(S(=O)(=O)c2cccs2)CC1. The molecule has 1 aromatic heterocycles. The second kappa shape index (κ2) is 15.5. The van der Waals surface area contributed by atoms with Gasteiger partial charge in [-0.05, 0) is 42.2 Å². The fourth-order valence-corrected chi connectivity index (χ4v) is 7.89. The van der Waals surface area contributed by atoms with Crippen LogP contribution in [-0.4, -0.2) is 92.0 Å². The third kappa shape index (κ3) is 9.11. The van der Waals surface area contributed by atoms with E-state index in [1.54, 1.807) is 11.4 Å². The van der Waals surface area contributed by atoms with Gasteiger partial charge in [-0.2, -0.15) is 4.31 Å². The molecule has 15 heteroatoms. The van der Waals surface area contributed by atoms with Crippen molar-refractivity contribution in [1.29, 1.82) is 0 Å². The molecule has 4 rings (SSSR count). The molecule has 0 spiro atoms. The maximum Gasteiger partial charge on any atom is 0.315 e. The van der Waals surface area contributed by atoms with Gasteiger partial charge in [0.15, 0.2) is 0 Å². The molecule has 2 aliphatic rings. The first kappa shape index (κ1) is 34.1. The first-order valence-electron chi connectivity index (χ1n) is 15.0. The summed E-state index contributed by atoms with van der Waals surface area (Å²) in [4.78, 5) is 66.9. The van der Waals surface area contributed by atoms with Gasteiger partial charge in [0, 0.05) is 45.2 Å². The zero-order valence-corrected chi connectivity index (χ0v) is 27.0. The van der Waals surface area contributed by atoms with Gasteiger partial charge in [-0.3, -0.25) is 19.2 Å². The van der Waals surface area contributed by atoms with Gasteiger partial charge in [-0.15, -0.1) is 11.3 Å². The minimum atomic E-state index is -3.70. The second-order valence-electron chi connectivity index (χ2n) is 11.6. The molecule has 0 aliphatic carbocycles. The van der Waals surface area contributed by atoms with Crippen LogP contribution in [0.3, 0.4) is 0 Å². The number of ketones is 1. The Hall–Kier alpha value is -3.82. The molecule has 13 nitrogen and oxygen atoms in total. The van der Waals surface area contributed by atoms with Crippen molar-refractivity contribution in [2.24, 2.45) is 11.8 Å². The zero-order chi connectivity index (χ0) is 32.6. The van der Waals surface area contributed by atoms with Crippen LogP contribution < -0.4 is 21.3 Å². The van der Waals surface area contributed by atoms with E-state index in [4.69, 9.17) is 0 Å². The summed E-state index contributed by atoms with van der Waals surface area (Å²) >= 11 is 1.10. The number of Topliss-reactive ketones (excluding diaryl/α,β-unsaturated/α-hetero) is 1. The van der Waals surface area contributed by atoms with Crippen LogP contribution in [0.5, 0.6) is 0 Å². The van der Waals surface area contributed by atoms with Crippen LogP contribution in [0.2, 0.25) is 0 Å². The molecule has 5 amide bonds. The largest absolute Gasteiger partial charge is 0.356 e. The number of nitrogens with zero attached hydrogens (tertiary/aromatic N) is 2. The Labute approximate surface area is 267 Å². The van der Waals surface area contributed by atoms with Crippen molar-refractivity contribution in [3.63, 3.8) is 0 Å². The van der Waals surface area contributed by atoms with E-state index >= 15 is 0 Å². The standard InChI is InChI=1S/C30H40N6O7S2/c1-20(2)17-24(34-30(41)32-19-21-7-4-3-5-8-21)28(39)33-23(18-22-10-11-31-27(22)38)26(37)29(40)35-12-14-36(15-13-35)45(42,43)25-9-6-16-44-25/h3-9,16,20,22-24H,10-15,17-19H2,1-2H3,(H,31,38)(H,33,39)(H2,32,34,41)/t22-,23-,24-/m0/s1.